The van der Waals surface area contributed by atoms with E-state index in [1.54, 1.807) is 6.07 Å². The van der Waals surface area contributed by atoms with Crippen molar-refractivity contribution in [2.75, 3.05) is 11.9 Å². The number of ether oxygens (including phenoxy) is 1. The highest BCUT2D eigenvalue weighted by Gasteiger charge is 2.39. The fourth-order valence-corrected chi connectivity index (χ4v) is 3.81. The van der Waals surface area contributed by atoms with Crippen LogP contribution in [-0.2, 0) is 4.74 Å². The fraction of sp³-hybridized carbons (Fsp3) is 0.600. The Morgan fingerprint density at radius 2 is 2.11 bits per heavy atom. The van der Waals surface area contributed by atoms with Crippen LogP contribution in [0.4, 0.5) is 10.1 Å². The standard InChI is InChI=1S/C15H19BrFNO/c16-13-9-11(17)3-4-14(13)18-12-5-8-19-15(10-12)6-1-2-7-15/h3-4,9,12,18H,1-2,5-8,10H2. The van der Waals surface area contributed by atoms with E-state index in [0.29, 0.717) is 6.04 Å². The molecule has 1 spiro atoms. The fourth-order valence-electron chi connectivity index (χ4n) is 3.35. The van der Waals surface area contributed by atoms with Gasteiger partial charge < -0.3 is 10.1 Å². The van der Waals surface area contributed by atoms with E-state index in [-0.39, 0.29) is 11.4 Å². The highest BCUT2D eigenvalue weighted by molar-refractivity contribution is 9.10. The minimum absolute atomic E-state index is 0.114. The summed E-state index contributed by atoms with van der Waals surface area (Å²) in [5.41, 5.74) is 1.09. The molecule has 19 heavy (non-hydrogen) atoms. The molecule has 1 unspecified atom stereocenters. The molecular formula is C15H19BrFNO. The highest BCUT2D eigenvalue weighted by atomic mass is 79.9. The number of hydrogen-bond donors (Lipinski definition) is 1. The largest absolute Gasteiger partial charge is 0.381 e. The summed E-state index contributed by atoms with van der Waals surface area (Å²) in [6, 6.07) is 5.23. The van der Waals surface area contributed by atoms with Gasteiger partial charge in [0.2, 0.25) is 0 Å². The average molecular weight is 328 g/mol. The molecule has 2 aliphatic rings. The van der Waals surface area contributed by atoms with Crippen LogP contribution in [0, 0.1) is 5.82 Å². The lowest BCUT2D eigenvalue weighted by atomic mass is 9.89. The van der Waals surface area contributed by atoms with Crippen LogP contribution >= 0.6 is 15.9 Å². The third kappa shape index (κ3) is 2.95. The number of halogens is 2. The van der Waals surface area contributed by atoms with Crippen LogP contribution in [-0.4, -0.2) is 18.2 Å². The predicted molar refractivity (Wildman–Crippen MR) is 77.9 cm³/mol. The van der Waals surface area contributed by atoms with Crippen molar-refractivity contribution in [3.8, 4) is 0 Å². The Kier molecular flexibility index (Phi) is 3.81. The Bertz CT molecular complexity index is 459. The van der Waals surface area contributed by atoms with Crippen molar-refractivity contribution in [1.29, 1.82) is 0 Å². The summed E-state index contributed by atoms with van der Waals surface area (Å²) < 4.78 is 19.9. The molecule has 104 valence electrons. The first-order valence-corrected chi connectivity index (χ1v) is 7.82. The Labute approximate surface area is 121 Å². The topological polar surface area (TPSA) is 21.3 Å². The van der Waals surface area contributed by atoms with Crippen LogP contribution in [0.1, 0.15) is 38.5 Å². The highest BCUT2D eigenvalue weighted by Crippen LogP contribution is 2.41. The Hall–Kier alpha value is -0.610. The Morgan fingerprint density at radius 3 is 2.84 bits per heavy atom. The molecule has 4 heteroatoms. The minimum atomic E-state index is -0.211. The number of nitrogens with one attached hydrogen (secondary N) is 1. The molecule has 0 radical (unpaired) electrons. The maximum absolute atomic E-state index is 13.1. The second kappa shape index (κ2) is 5.41. The SMILES string of the molecule is Fc1ccc(NC2CCOC3(CCCC3)C2)c(Br)c1. The van der Waals surface area contributed by atoms with Crippen molar-refractivity contribution in [1.82, 2.24) is 0 Å². The van der Waals surface area contributed by atoms with Gasteiger partial charge in [-0.15, -0.1) is 0 Å². The van der Waals surface area contributed by atoms with Gasteiger partial charge in [0, 0.05) is 22.8 Å². The molecule has 1 saturated heterocycles. The van der Waals surface area contributed by atoms with Gasteiger partial charge in [-0.2, -0.15) is 0 Å². The molecule has 2 fully saturated rings. The number of rotatable bonds is 2. The van der Waals surface area contributed by atoms with Crippen LogP contribution in [0.15, 0.2) is 22.7 Å². The molecule has 0 aromatic heterocycles. The van der Waals surface area contributed by atoms with Crippen molar-refractivity contribution < 1.29 is 9.13 Å². The molecule has 1 atom stereocenters. The first-order chi connectivity index (χ1) is 9.17. The molecule has 0 amide bonds. The van der Waals surface area contributed by atoms with Crippen LogP contribution in [0.5, 0.6) is 0 Å². The lowest BCUT2D eigenvalue weighted by molar-refractivity contribution is -0.0767. The van der Waals surface area contributed by atoms with Gasteiger partial charge in [-0.3, -0.25) is 0 Å². The van der Waals surface area contributed by atoms with Gasteiger partial charge >= 0.3 is 0 Å². The van der Waals surface area contributed by atoms with Crippen LogP contribution < -0.4 is 5.32 Å². The van der Waals surface area contributed by atoms with Gasteiger partial charge in [0.25, 0.3) is 0 Å². The smallest absolute Gasteiger partial charge is 0.124 e. The van der Waals surface area contributed by atoms with Crippen molar-refractivity contribution in [2.45, 2.75) is 50.2 Å². The Balaban J connectivity index is 1.69. The number of hydrogen-bond acceptors (Lipinski definition) is 2. The first-order valence-electron chi connectivity index (χ1n) is 7.02. The second-order valence-corrected chi connectivity index (χ2v) is 6.55. The molecule has 3 rings (SSSR count). The van der Waals surface area contributed by atoms with E-state index in [1.807, 2.05) is 0 Å². The van der Waals surface area contributed by atoms with E-state index in [0.717, 1.165) is 29.6 Å². The zero-order chi connectivity index (χ0) is 13.3. The molecule has 0 bridgehead atoms. The van der Waals surface area contributed by atoms with Crippen molar-refractivity contribution in [3.05, 3.63) is 28.5 Å². The first kappa shape index (κ1) is 13.4. The third-order valence-corrected chi connectivity index (χ3v) is 4.95. The average Bonchev–Trinajstić information content (AvgIpc) is 2.81. The van der Waals surface area contributed by atoms with Crippen LogP contribution in [0.3, 0.4) is 0 Å². The summed E-state index contributed by atoms with van der Waals surface area (Å²) in [6.07, 6.45) is 7.04. The van der Waals surface area contributed by atoms with Crippen molar-refractivity contribution in [3.63, 3.8) is 0 Å². The van der Waals surface area contributed by atoms with Gasteiger partial charge in [-0.25, -0.2) is 4.39 Å². The normalized spacial score (nSPS) is 25.7. The molecule has 1 aromatic carbocycles. The summed E-state index contributed by atoms with van der Waals surface area (Å²) >= 11 is 3.42. The molecule has 1 aromatic rings. The zero-order valence-electron chi connectivity index (χ0n) is 10.9. The van der Waals surface area contributed by atoms with Crippen molar-refractivity contribution >= 4 is 21.6 Å². The molecule has 1 aliphatic heterocycles. The summed E-state index contributed by atoms with van der Waals surface area (Å²) in [5, 5.41) is 3.53. The molecule has 1 heterocycles. The summed E-state index contributed by atoms with van der Waals surface area (Å²) in [5.74, 6) is -0.211. The lowest BCUT2D eigenvalue weighted by Gasteiger charge is -2.39. The van der Waals surface area contributed by atoms with E-state index >= 15 is 0 Å². The maximum Gasteiger partial charge on any atom is 0.124 e. The van der Waals surface area contributed by atoms with E-state index in [9.17, 15) is 4.39 Å². The van der Waals surface area contributed by atoms with Gasteiger partial charge in [-0.1, -0.05) is 12.8 Å². The van der Waals surface area contributed by atoms with E-state index < -0.39 is 0 Å². The van der Waals surface area contributed by atoms with E-state index in [1.165, 1.54) is 37.8 Å². The van der Waals surface area contributed by atoms with E-state index in [4.69, 9.17) is 4.74 Å². The van der Waals surface area contributed by atoms with Gasteiger partial charge in [0.05, 0.1) is 5.60 Å². The summed E-state index contributed by atoms with van der Waals surface area (Å²) in [6.45, 7) is 0.830. The molecule has 2 nitrogen and oxygen atoms in total. The van der Waals surface area contributed by atoms with E-state index in [2.05, 4.69) is 21.2 Å². The quantitative estimate of drug-likeness (QED) is 0.863. The monoisotopic (exact) mass is 327 g/mol. The van der Waals surface area contributed by atoms with Crippen LogP contribution in [0.25, 0.3) is 0 Å². The predicted octanol–water partition coefficient (Wildman–Crippen LogP) is 4.49. The van der Waals surface area contributed by atoms with Gasteiger partial charge in [0.1, 0.15) is 5.82 Å². The molecule has 1 saturated carbocycles. The summed E-state index contributed by atoms with van der Waals surface area (Å²) in [4.78, 5) is 0. The number of benzene rings is 1. The van der Waals surface area contributed by atoms with Gasteiger partial charge in [0.15, 0.2) is 0 Å². The van der Waals surface area contributed by atoms with Crippen LogP contribution in [0.2, 0.25) is 0 Å². The maximum atomic E-state index is 13.1. The van der Waals surface area contributed by atoms with Gasteiger partial charge in [-0.05, 0) is 59.8 Å². The van der Waals surface area contributed by atoms with Crippen molar-refractivity contribution in [2.24, 2.45) is 0 Å². The zero-order valence-corrected chi connectivity index (χ0v) is 12.5. The second-order valence-electron chi connectivity index (χ2n) is 5.70. The molecule has 1 N–H and O–H groups in total. The summed E-state index contributed by atoms with van der Waals surface area (Å²) in [7, 11) is 0. The Morgan fingerprint density at radius 1 is 1.32 bits per heavy atom. The minimum Gasteiger partial charge on any atom is -0.381 e. The third-order valence-electron chi connectivity index (χ3n) is 4.30. The number of anilines is 1. The molecular weight excluding hydrogens is 309 g/mol. The lowest BCUT2D eigenvalue weighted by Crippen LogP contribution is -2.42. The molecule has 1 aliphatic carbocycles.